The lowest BCUT2D eigenvalue weighted by Gasteiger charge is -2.28. The molecule has 0 spiro atoms. The second-order valence-corrected chi connectivity index (χ2v) is 3.94. The standard InChI is InChI=1S/C10H20N2O/c1-2-3-4-8-5-6-12-9(7-8)10(11)13/h8-9,12H,2-7H2,1H3,(H2,11,13). The number of hydrogen-bond acceptors (Lipinski definition) is 2. The zero-order chi connectivity index (χ0) is 9.68. The Bertz CT molecular complexity index is 170. The van der Waals surface area contributed by atoms with E-state index < -0.39 is 0 Å². The number of carbonyl (C=O) groups excluding carboxylic acids is 1. The van der Waals surface area contributed by atoms with Crippen molar-refractivity contribution >= 4 is 5.91 Å². The molecule has 3 nitrogen and oxygen atoms in total. The molecular weight excluding hydrogens is 164 g/mol. The van der Waals surface area contributed by atoms with E-state index in [1.807, 2.05) is 0 Å². The van der Waals surface area contributed by atoms with E-state index in [-0.39, 0.29) is 11.9 Å². The summed E-state index contributed by atoms with van der Waals surface area (Å²) in [6, 6.07) is -0.0735. The summed E-state index contributed by atoms with van der Waals surface area (Å²) >= 11 is 0. The molecule has 3 N–H and O–H groups in total. The number of primary amides is 1. The zero-order valence-corrected chi connectivity index (χ0v) is 8.38. The van der Waals surface area contributed by atoms with Crippen molar-refractivity contribution in [2.75, 3.05) is 6.54 Å². The van der Waals surface area contributed by atoms with Gasteiger partial charge in [-0.05, 0) is 25.3 Å². The van der Waals surface area contributed by atoms with Crippen molar-refractivity contribution in [1.29, 1.82) is 0 Å². The molecule has 2 unspecified atom stereocenters. The topological polar surface area (TPSA) is 55.1 Å². The lowest BCUT2D eigenvalue weighted by atomic mass is 9.88. The van der Waals surface area contributed by atoms with Crippen LogP contribution in [-0.2, 0) is 4.79 Å². The Balaban J connectivity index is 2.29. The van der Waals surface area contributed by atoms with Crippen LogP contribution in [0.5, 0.6) is 0 Å². The first-order chi connectivity index (χ1) is 6.24. The fraction of sp³-hybridized carbons (Fsp3) is 0.900. The minimum atomic E-state index is -0.193. The fourth-order valence-electron chi connectivity index (χ4n) is 1.97. The van der Waals surface area contributed by atoms with E-state index in [1.54, 1.807) is 0 Å². The van der Waals surface area contributed by atoms with Gasteiger partial charge in [0.25, 0.3) is 0 Å². The third-order valence-electron chi connectivity index (χ3n) is 2.82. The van der Waals surface area contributed by atoms with Crippen molar-refractivity contribution in [3.63, 3.8) is 0 Å². The Morgan fingerprint density at radius 1 is 1.62 bits per heavy atom. The number of rotatable bonds is 4. The van der Waals surface area contributed by atoms with Gasteiger partial charge in [-0.1, -0.05) is 26.2 Å². The maximum Gasteiger partial charge on any atom is 0.234 e. The minimum Gasteiger partial charge on any atom is -0.368 e. The van der Waals surface area contributed by atoms with Crippen molar-refractivity contribution in [2.45, 2.75) is 45.1 Å². The van der Waals surface area contributed by atoms with Crippen molar-refractivity contribution in [3.8, 4) is 0 Å². The number of hydrogen-bond donors (Lipinski definition) is 2. The van der Waals surface area contributed by atoms with Crippen LogP contribution in [0.2, 0.25) is 0 Å². The SMILES string of the molecule is CCCCC1CCNC(C(N)=O)C1. The van der Waals surface area contributed by atoms with Crippen LogP contribution in [0.1, 0.15) is 39.0 Å². The molecule has 1 amide bonds. The van der Waals surface area contributed by atoms with E-state index in [2.05, 4.69) is 12.2 Å². The molecule has 0 aromatic carbocycles. The fourth-order valence-corrected chi connectivity index (χ4v) is 1.97. The summed E-state index contributed by atoms with van der Waals surface area (Å²) in [4.78, 5) is 10.9. The van der Waals surface area contributed by atoms with Gasteiger partial charge in [0.2, 0.25) is 5.91 Å². The highest BCUT2D eigenvalue weighted by atomic mass is 16.1. The van der Waals surface area contributed by atoms with Crippen LogP contribution in [-0.4, -0.2) is 18.5 Å². The first-order valence-corrected chi connectivity index (χ1v) is 5.26. The van der Waals surface area contributed by atoms with Crippen LogP contribution >= 0.6 is 0 Å². The smallest absolute Gasteiger partial charge is 0.234 e. The molecule has 1 saturated heterocycles. The van der Waals surface area contributed by atoms with Crippen LogP contribution in [0.15, 0.2) is 0 Å². The second-order valence-electron chi connectivity index (χ2n) is 3.94. The zero-order valence-electron chi connectivity index (χ0n) is 8.38. The molecule has 0 radical (unpaired) electrons. The van der Waals surface area contributed by atoms with Crippen LogP contribution in [0.4, 0.5) is 0 Å². The summed E-state index contributed by atoms with van der Waals surface area (Å²) in [5.41, 5.74) is 5.26. The van der Waals surface area contributed by atoms with Crippen molar-refractivity contribution < 1.29 is 4.79 Å². The molecule has 0 aromatic heterocycles. The molecule has 2 atom stereocenters. The molecule has 1 aliphatic rings. The average molecular weight is 184 g/mol. The first kappa shape index (κ1) is 10.5. The molecule has 0 saturated carbocycles. The Labute approximate surface area is 80.1 Å². The van der Waals surface area contributed by atoms with Gasteiger partial charge in [0.15, 0.2) is 0 Å². The van der Waals surface area contributed by atoms with Gasteiger partial charge in [-0.3, -0.25) is 4.79 Å². The highest BCUT2D eigenvalue weighted by Gasteiger charge is 2.24. The molecule has 76 valence electrons. The van der Waals surface area contributed by atoms with Gasteiger partial charge in [0.05, 0.1) is 6.04 Å². The van der Waals surface area contributed by atoms with Crippen LogP contribution in [0.25, 0.3) is 0 Å². The van der Waals surface area contributed by atoms with Crippen LogP contribution in [0, 0.1) is 5.92 Å². The number of carbonyl (C=O) groups is 1. The molecule has 3 heteroatoms. The molecule has 0 bridgehead atoms. The first-order valence-electron chi connectivity index (χ1n) is 5.26. The lowest BCUT2D eigenvalue weighted by molar-refractivity contribution is -0.120. The van der Waals surface area contributed by atoms with Crippen LogP contribution < -0.4 is 11.1 Å². The van der Waals surface area contributed by atoms with Gasteiger partial charge in [0, 0.05) is 0 Å². The molecule has 1 fully saturated rings. The van der Waals surface area contributed by atoms with E-state index in [4.69, 9.17) is 5.73 Å². The van der Waals surface area contributed by atoms with Gasteiger partial charge in [-0.15, -0.1) is 0 Å². The number of piperidine rings is 1. The summed E-state index contributed by atoms with van der Waals surface area (Å²) in [5.74, 6) is 0.514. The van der Waals surface area contributed by atoms with E-state index in [0.717, 1.165) is 13.0 Å². The van der Waals surface area contributed by atoms with Gasteiger partial charge in [-0.25, -0.2) is 0 Å². The summed E-state index contributed by atoms with van der Waals surface area (Å²) in [7, 11) is 0. The minimum absolute atomic E-state index is 0.0735. The molecule has 0 aromatic rings. The molecule has 1 aliphatic heterocycles. The Kier molecular flexibility index (Phi) is 4.22. The summed E-state index contributed by atoms with van der Waals surface area (Å²) in [6.45, 7) is 3.15. The maximum absolute atomic E-state index is 10.9. The van der Waals surface area contributed by atoms with Gasteiger partial charge in [0.1, 0.15) is 0 Å². The normalized spacial score (nSPS) is 28.7. The van der Waals surface area contributed by atoms with Gasteiger partial charge in [-0.2, -0.15) is 0 Å². The predicted molar refractivity (Wildman–Crippen MR) is 53.2 cm³/mol. The number of nitrogens with two attached hydrogens (primary N) is 1. The van der Waals surface area contributed by atoms with Crippen molar-refractivity contribution in [1.82, 2.24) is 5.32 Å². The highest BCUT2D eigenvalue weighted by Crippen LogP contribution is 2.21. The maximum atomic E-state index is 10.9. The Hall–Kier alpha value is -0.570. The van der Waals surface area contributed by atoms with E-state index in [9.17, 15) is 4.79 Å². The molecule has 1 heterocycles. The van der Waals surface area contributed by atoms with Crippen LogP contribution in [0.3, 0.4) is 0 Å². The van der Waals surface area contributed by atoms with Crippen molar-refractivity contribution in [2.24, 2.45) is 11.7 Å². The largest absolute Gasteiger partial charge is 0.368 e. The Morgan fingerprint density at radius 2 is 2.38 bits per heavy atom. The molecule has 0 aliphatic carbocycles. The van der Waals surface area contributed by atoms with E-state index >= 15 is 0 Å². The highest BCUT2D eigenvalue weighted by molar-refractivity contribution is 5.79. The molecule has 13 heavy (non-hydrogen) atoms. The number of unbranched alkanes of at least 4 members (excludes halogenated alkanes) is 1. The predicted octanol–water partition coefficient (Wildman–Crippen LogP) is 1.03. The number of amides is 1. The Morgan fingerprint density at radius 3 is 3.00 bits per heavy atom. The van der Waals surface area contributed by atoms with E-state index in [0.29, 0.717) is 5.92 Å². The monoisotopic (exact) mass is 184 g/mol. The third-order valence-corrected chi connectivity index (χ3v) is 2.82. The molecular formula is C10H20N2O. The van der Waals surface area contributed by atoms with Gasteiger partial charge < -0.3 is 11.1 Å². The van der Waals surface area contributed by atoms with E-state index in [1.165, 1.54) is 25.7 Å². The molecule has 1 rings (SSSR count). The number of nitrogens with one attached hydrogen (secondary N) is 1. The average Bonchev–Trinajstić information content (AvgIpc) is 2.15. The lowest BCUT2D eigenvalue weighted by Crippen LogP contribution is -2.46. The van der Waals surface area contributed by atoms with Gasteiger partial charge >= 0.3 is 0 Å². The third kappa shape index (κ3) is 3.35. The van der Waals surface area contributed by atoms with Crippen molar-refractivity contribution in [3.05, 3.63) is 0 Å². The second kappa shape index (κ2) is 5.22. The summed E-state index contributed by atoms with van der Waals surface area (Å²) in [6.07, 6.45) is 5.91. The summed E-state index contributed by atoms with van der Waals surface area (Å²) < 4.78 is 0. The quantitative estimate of drug-likeness (QED) is 0.685. The summed E-state index contributed by atoms with van der Waals surface area (Å²) in [5, 5.41) is 3.15.